The Morgan fingerprint density at radius 2 is 1.86 bits per heavy atom. The summed E-state index contributed by atoms with van der Waals surface area (Å²) in [6.07, 6.45) is 1.78. The molecule has 10 heteroatoms. The van der Waals surface area contributed by atoms with Gasteiger partial charge in [0.25, 0.3) is 0 Å². The molecule has 4 rings (SSSR count). The number of hydrogen-bond donors (Lipinski definition) is 2. The third-order valence-electron chi connectivity index (χ3n) is 5.27. The fourth-order valence-electron chi connectivity index (χ4n) is 3.42. The van der Waals surface area contributed by atoms with E-state index in [1.54, 1.807) is 33.7 Å². The third kappa shape index (κ3) is 6.15. The van der Waals surface area contributed by atoms with Gasteiger partial charge >= 0.3 is 0 Å². The maximum atomic E-state index is 12.8. The van der Waals surface area contributed by atoms with Gasteiger partial charge in [0.2, 0.25) is 11.1 Å². The minimum absolute atomic E-state index is 0.125. The summed E-state index contributed by atoms with van der Waals surface area (Å²) in [6.45, 7) is 0.317. The molecule has 0 aliphatic rings. The van der Waals surface area contributed by atoms with Crippen molar-refractivity contribution in [1.82, 2.24) is 20.5 Å². The Kier molecular flexibility index (Phi) is 7.94. The highest BCUT2D eigenvalue weighted by Gasteiger charge is 2.22. The average molecular weight is 495 g/mol. The molecule has 0 bridgehead atoms. The predicted molar refractivity (Wildman–Crippen MR) is 132 cm³/mol. The molecule has 9 nitrogen and oxygen atoms in total. The van der Waals surface area contributed by atoms with Gasteiger partial charge in [-0.15, -0.1) is 5.10 Å². The standard InChI is InChI=1S/C25H26N4O5S/c1-31-18-9-6-16(7-10-18)24-27-25(29-28-24)35-22(14-23(30)26-15-19-5-4-12-34-19)17-8-11-20(32-2)21(13-17)33-3/h4-13,22H,14-15H2,1-3H3,(H,26,30)(H,27,28,29). The van der Waals surface area contributed by atoms with Crippen molar-refractivity contribution in [3.05, 3.63) is 72.2 Å². The van der Waals surface area contributed by atoms with Gasteiger partial charge in [-0.2, -0.15) is 0 Å². The zero-order valence-electron chi connectivity index (χ0n) is 19.6. The van der Waals surface area contributed by atoms with Crippen molar-refractivity contribution in [2.75, 3.05) is 21.3 Å². The average Bonchev–Trinajstić information content (AvgIpc) is 3.59. The molecule has 0 radical (unpaired) electrons. The number of H-pyrrole nitrogens is 1. The van der Waals surface area contributed by atoms with E-state index in [1.165, 1.54) is 11.8 Å². The van der Waals surface area contributed by atoms with Crippen LogP contribution in [-0.4, -0.2) is 42.4 Å². The predicted octanol–water partition coefficient (Wildman–Crippen LogP) is 4.63. The molecule has 1 amide bonds. The number of carbonyl (C=O) groups excluding carboxylic acids is 1. The first-order valence-corrected chi connectivity index (χ1v) is 11.7. The van der Waals surface area contributed by atoms with Gasteiger partial charge in [-0.1, -0.05) is 17.8 Å². The number of rotatable bonds is 11. The summed E-state index contributed by atoms with van der Waals surface area (Å²) in [7, 11) is 4.79. The van der Waals surface area contributed by atoms with E-state index >= 15 is 0 Å². The van der Waals surface area contributed by atoms with Crippen LogP contribution in [-0.2, 0) is 11.3 Å². The van der Waals surface area contributed by atoms with Gasteiger partial charge in [-0.05, 0) is 54.1 Å². The Morgan fingerprint density at radius 1 is 1.06 bits per heavy atom. The molecule has 2 aromatic carbocycles. The van der Waals surface area contributed by atoms with Crippen molar-refractivity contribution >= 4 is 17.7 Å². The number of nitrogens with zero attached hydrogens (tertiary/aromatic N) is 2. The van der Waals surface area contributed by atoms with Crippen molar-refractivity contribution in [2.24, 2.45) is 0 Å². The molecular formula is C25H26N4O5S. The number of hydrogen-bond acceptors (Lipinski definition) is 8. The van der Waals surface area contributed by atoms with Crippen LogP contribution in [0, 0.1) is 0 Å². The highest BCUT2D eigenvalue weighted by atomic mass is 32.2. The second-order valence-corrected chi connectivity index (χ2v) is 8.65. The van der Waals surface area contributed by atoms with Crippen molar-refractivity contribution in [3.8, 4) is 28.6 Å². The molecule has 2 aromatic heterocycles. The van der Waals surface area contributed by atoms with E-state index in [9.17, 15) is 4.79 Å². The van der Waals surface area contributed by atoms with Crippen molar-refractivity contribution < 1.29 is 23.4 Å². The summed E-state index contributed by atoms with van der Waals surface area (Å²) in [5.74, 6) is 3.15. The first-order valence-electron chi connectivity index (χ1n) is 10.8. The van der Waals surface area contributed by atoms with Crippen LogP contribution in [0.1, 0.15) is 23.0 Å². The minimum Gasteiger partial charge on any atom is -0.497 e. The Bertz CT molecular complexity index is 1240. The van der Waals surface area contributed by atoms with Crippen LogP contribution in [0.4, 0.5) is 0 Å². The number of furan rings is 1. The molecule has 0 aliphatic carbocycles. The maximum absolute atomic E-state index is 12.8. The number of aromatic amines is 1. The number of benzene rings is 2. The molecule has 4 aromatic rings. The number of thioether (sulfide) groups is 1. The van der Waals surface area contributed by atoms with Crippen molar-refractivity contribution in [2.45, 2.75) is 23.4 Å². The molecule has 2 N–H and O–H groups in total. The Labute approximate surface area is 207 Å². The lowest BCUT2D eigenvalue weighted by atomic mass is 10.1. The Hall–Kier alpha value is -3.92. The van der Waals surface area contributed by atoms with Gasteiger partial charge in [-0.25, -0.2) is 4.98 Å². The fraction of sp³-hybridized carbons (Fsp3) is 0.240. The number of carbonyl (C=O) groups is 1. The van der Waals surface area contributed by atoms with Gasteiger partial charge in [0, 0.05) is 17.2 Å². The normalized spacial score (nSPS) is 11.6. The topological polar surface area (TPSA) is 112 Å². The summed E-state index contributed by atoms with van der Waals surface area (Å²) in [5, 5.41) is 10.5. The van der Waals surface area contributed by atoms with E-state index < -0.39 is 0 Å². The number of methoxy groups -OCH3 is 3. The first-order chi connectivity index (χ1) is 17.1. The highest BCUT2D eigenvalue weighted by molar-refractivity contribution is 7.99. The number of amides is 1. The second kappa shape index (κ2) is 11.5. The van der Waals surface area contributed by atoms with E-state index in [2.05, 4.69) is 20.5 Å². The summed E-state index contributed by atoms with van der Waals surface area (Å²) < 4.78 is 21.3. The second-order valence-electron chi connectivity index (χ2n) is 7.48. The lowest BCUT2D eigenvalue weighted by Gasteiger charge is -2.17. The molecule has 0 aliphatic heterocycles. The SMILES string of the molecule is COc1ccc(-c2nc(SC(CC(=O)NCc3ccco3)c3ccc(OC)c(OC)c3)n[nH]2)cc1. The summed E-state index contributed by atoms with van der Waals surface area (Å²) in [4.78, 5) is 17.4. The molecule has 1 atom stereocenters. The zero-order valence-corrected chi connectivity index (χ0v) is 20.4. The van der Waals surface area contributed by atoms with Crippen LogP contribution in [0.15, 0.2) is 70.4 Å². The lowest BCUT2D eigenvalue weighted by molar-refractivity contribution is -0.121. The van der Waals surface area contributed by atoms with Gasteiger partial charge in [0.15, 0.2) is 17.3 Å². The van der Waals surface area contributed by atoms with E-state index in [4.69, 9.17) is 18.6 Å². The zero-order chi connectivity index (χ0) is 24.6. The molecule has 35 heavy (non-hydrogen) atoms. The molecule has 182 valence electrons. The fourth-order valence-corrected chi connectivity index (χ4v) is 4.44. The van der Waals surface area contributed by atoms with E-state index in [0.29, 0.717) is 34.8 Å². The number of aromatic nitrogens is 3. The van der Waals surface area contributed by atoms with Gasteiger partial charge in [-0.3, -0.25) is 9.89 Å². The lowest BCUT2D eigenvalue weighted by Crippen LogP contribution is -2.23. The van der Waals surface area contributed by atoms with Crippen molar-refractivity contribution in [3.63, 3.8) is 0 Å². The number of ether oxygens (including phenoxy) is 3. The molecule has 1 unspecified atom stereocenters. The monoisotopic (exact) mass is 494 g/mol. The van der Waals surface area contributed by atoms with Crippen LogP contribution in [0.25, 0.3) is 11.4 Å². The molecule has 0 fully saturated rings. The molecular weight excluding hydrogens is 468 g/mol. The van der Waals surface area contributed by atoms with Crippen molar-refractivity contribution in [1.29, 1.82) is 0 Å². The van der Waals surface area contributed by atoms with Crippen LogP contribution in [0.2, 0.25) is 0 Å². The summed E-state index contributed by atoms with van der Waals surface area (Å²) in [6, 6.07) is 16.7. The Morgan fingerprint density at radius 3 is 2.54 bits per heavy atom. The smallest absolute Gasteiger partial charge is 0.221 e. The minimum atomic E-state index is -0.272. The molecule has 0 spiro atoms. The number of nitrogens with one attached hydrogen (secondary N) is 2. The Balaban J connectivity index is 1.54. The molecule has 0 saturated carbocycles. The molecule has 2 heterocycles. The summed E-state index contributed by atoms with van der Waals surface area (Å²) >= 11 is 1.39. The first kappa shape index (κ1) is 24.2. The van der Waals surface area contributed by atoms with Gasteiger partial charge in [0.1, 0.15) is 11.5 Å². The van der Waals surface area contributed by atoms with Crippen LogP contribution < -0.4 is 19.5 Å². The van der Waals surface area contributed by atoms with Gasteiger partial charge in [0.05, 0.1) is 34.1 Å². The molecule has 0 saturated heterocycles. The maximum Gasteiger partial charge on any atom is 0.221 e. The third-order valence-corrected chi connectivity index (χ3v) is 6.38. The van der Waals surface area contributed by atoms with Gasteiger partial charge < -0.3 is 23.9 Å². The van der Waals surface area contributed by atoms with E-state index in [-0.39, 0.29) is 17.6 Å². The summed E-state index contributed by atoms with van der Waals surface area (Å²) in [5.41, 5.74) is 1.76. The highest BCUT2D eigenvalue weighted by Crippen LogP contribution is 2.40. The van der Waals surface area contributed by atoms with E-state index in [1.807, 2.05) is 48.5 Å². The van der Waals surface area contributed by atoms with Crippen LogP contribution in [0.3, 0.4) is 0 Å². The van der Waals surface area contributed by atoms with E-state index in [0.717, 1.165) is 16.9 Å². The quantitative estimate of drug-likeness (QED) is 0.290. The van der Waals surface area contributed by atoms with Crippen LogP contribution in [0.5, 0.6) is 17.2 Å². The van der Waals surface area contributed by atoms with Crippen LogP contribution >= 0.6 is 11.8 Å². The largest absolute Gasteiger partial charge is 0.497 e.